The fourth-order valence-corrected chi connectivity index (χ4v) is 4.10. The van der Waals surface area contributed by atoms with E-state index in [9.17, 15) is 32.3 Å². The summed E-state index contributed by atoms with van der Waals surface area (Å²) < 4.78 is 36.6. The molecule has 1 aliphatic carbocycles. The van der Waals surface area contributed by atoms with Gasteiger partial charge in [-0.05, 0) is 36.5 Å². The van der Waals surface area contributed by atoms with Gasteiger partial charge in [-0.15, -0.1) is 0 Å². The lowest BCUT2D eigenvalue weighted by Crippen LogP contribution is -2.54. The van der Waals surface area contributed by atoms with Gasteiger partial charge in [-0.25, -0.2) is 0 Å². The van der Waals surface area contributed by atoms with Gasteiger partial charge >= 0.3 is 12.1 Å². The Morgan fingerprint density at radius 2 is 1.80 bits per heavy atom. The normalized spacial score (nSPS) is 24.4. The van der Waals surface area contributed by atoms with Crippen LogP contribution in [0.3, 0.4) is 0 Å². The Morgan fingerprint density at radius 1 is 1.23 bits per heavy atom. The highest BCUT2D eigenvalue weighted by Gasteiger charge is 2.69. The summed E-state index contributed by atoms with van der Waals surface area (Å²) in [6.07, 6.45) is -3.31. The average Bonchev–Trinajstić information content (AvgIpc) is 3.16. The van der Waals surface area contributed by atoms with Gasteiger partial charge in [0.25, 0.3) is 0 Å². The van der Waals surface area contributed by atoms with Crippen LogP contribution in [-0.4, -0.2) is 66.4 Å². The van der Waals surface area contributed by atoms with Crippen molar-refractivity contribution in [3.63, 3.8) is 0 Å². The molecule has 0 bridgehead atoms. The van der Waals surface area contributed by atoms with E-state index >= 15 is 0 Å². The summed E-state index contributed by atoms with van der Waals surface area (Å²) in [6, 6.07) is 0.242. The Balaban J connectivity index is 0.000000508. The van der Waals surface area contributed by atoms with Crippen LogP contribution < -0.4 is 16.0 Å². The Labute approximate surface area is 204 Å². The monoisotopic (exact) mass is 503 g/mol. The predicted molar refractivity (Wildman–Crippen MR) is 121 cm³/mol. The minimum atomic E-state index is -5.07. The zero-order valence-electron chi connectivity index (χ0n) is 21.1. The van der Waals surface area contributed by atoms with Crippen molar-refractivity contribution < 1.29 is 32.3 Å². The number of likely N-dealkylation sites (tertiary alicyclic amines) is 1. The standard InChI is InChI=1S/C15H19F3N4O3.C4H7NO.C4H10/c1-7(4-19)21-12(24)11-10-8(14(10,2)3)6-22(11)9(23)5-20-13(25)15(16,17)18;6-4-2-1-3-5-4;1-4(2)3/h7-8,10-11H,5-6H2,1-3H3,(H,20,25)(H,21,24);1-3H2,(H,5,6);4H,1-3H3/t7?,8?,10?,11-;;/m0../s1. The summed E-state index contributed by atoms with van der Waals surface area (Å²) in [7, 11) is 0. The molecule has 4 atom stereocenters. The number of carbonyl (C=O) groups excluding carboxylic acids is 4. The Bertz CT molecular complexity index is 827. The molecular weight excluding hydrogens is 467 g/mol. The number of rotatable bonds is 4. The van der Waals surface area contributed by atoms with Gasteiger partial charge in [0, 0.05) is 19.5 Å². The number of nitrogens with zero attached hydrogens (tertiary/aromatic N) is 2. The number of amides is 4. The van der Waals surface area contributed by atoms with E-state index in [-0.39, 0.29) is 29.7 Å². The first-order chi connectivity index (χ1) is 16.0. The molecule has 2 saturated heterocycles. The topological polar surface area (TPSA) is 131 Å². The summed E-state index contributed by atoms with van der Waals surface area (Å²) in [5, 5.41) is 15.5. The fourth-order valence-electron chi connectivity index (χ4n) is 4.10. The van der Waals surface area contributed by atoms with Crippen molar-refractivity contribution in [1.82, 2.24) is 20.9 Å². The number of nitriles is 1. The first kappa shape index (κ1) is 30.2. The van der Waals surface area contributed by atoms with Crippen LogP contribution in [0.25, 0.3) is 0 Å². The smallest absolute Gasteiger partial charge is 0.356 e. The van der Waals surface area contributed by atoms with Gasteiger partial charge in [0.15, 0.2) is 0 Å². The number of nitrogens with one attached hydrogen (secondary N) is 3. The highest BCUT2D eigenvalue weighted by Crippen LogP contribution is 2.64. The minimum absolute atomic E-state index is 0.0582. The van der Waals surface area contributed by atoms with Crippen LogP contribution in [-0.2, 0) is 19.2 Å². The van der Waals surface area contributed by atoms with E-state index in [0.717, 1.165) is 25.3 Å². The molecule has 9 nitrogen and oxygen atoms in total. The van der Waals surface area contributed by atoms with Gasteiger partial charge in [0.1, 0.15) is 12.1 Å². The molecular formula is C23H36F3N5O4. The first-order valence-electron chi connectivity index (χ1n) is 11.6. The molecule has 0 spiro atoms. The maximum atomic E-state index is 12.4. The Kier molecular flexibility index (Phi) is 10.5. The summed E-state index contributed by atoms with van der Waals surface area (Å²) >= 11 is 0. The van der Waals surface area contributed by atoms with Gasteiger partial charge in [0.2, 0.25) is 17.7 Å². The van der Waals surface area contributed by atoms with Gasteiger partial charge in [0.05, 0.1) is 12.6 Å². The number of hydrogen-bond donors (Lipinski definition) is 3. The summed E-state index contributed by atoms with van der Waals surface area (Å²) in [4.78, 5) is 46.8. The lowest BCUT2D eigenvalue weighted by molar-refractivity contribution is -0.174. The van der Waals surface area contributed by atoms with Crippen molar-refractivity contribution in [2.45, 2.75) is 72.6 Å². The highest BCUT2D eigenvalue weighted by atomic mass is 19.4. The van der Waals surface area contributed by atoms with Crippen LogP contribution in [0.15, 0.2) is 0 Å². The van der Waals surface area contributed by atoms with Gasteiger partial charge in [-0.2, -0.15) is 18.4 Å². The zero-order chi connectivity index (χ0) is 27.1. The third-order valence-corrected chi connectivity index (χ3v) is 5.91. The van der Waals surface area contributed by atoms with Crippen LogP contribution in [0, 0.1) is 34.5 Å². The molecule has 3 aliphatic rings. The van der Waals surface area contributed by atoms with Crippen molar-refractivity contribution in [3.8, 4) is 6.07 Å². The second kappa shape index (κ2) is 12.2. The van der Waals surface area contributed by atoms with Crippen LogP contribution in [0.4, 0.5) is 13.2 Å². The number of alkyl halides is 3. The van der Waals surface area contributed by atoms with Crippen molar-refractivity contribution in [2.75, 3.05) is 19.6 Å². The molecule has 0 aromatic carbocycles. The first-order valence-corrected chi connectivity index (χ1v) is 11.6. The van der Waals surface area contributed by atoms with Gasteiger partial charge in [-0.3, -0.25) is 19.2 Å². The number of fused-ring (bicyclic) bond motifs is 1. The largest absolute Gasteiger partial charge is 0.471 e. The summed E-state index contributed by atoms with van der Waals surface area (Å²) in [6.45, 7) is 12.2. The van der Waals surface area contributed by atoms with Crippen LogP contribution in [0.5, 0.6) is 0 Å². The van der Waals surface area contributed by atoms with Gasteiger partial charge < -0.3 is 20.9 Å². The highest BCUT2D eigenvalue weighted by molar-refractivity contribution is 5.92. The lowest BCUT2D eigenvalue weighted by atomic mass is 10.00. The fraction of sp³-hybridized carbons (Fsp3) is 0.783. The summed E-state index contributed by atoms with van der Waals surface area (Å²) in [5.41, 5.74) is -0.163. The van der Waals surface area contributed by atoms with Crippen LogP contribution in [0.2, 0.25) is 0 Å². The quantitative estimate of drug-likeness (QED) is 0.538. The van der Waals surface area contributed by atoms with E-state index in [0.29, 0.717) is 0 Å². The molecule has 0 radical (unpaired) electrons. The molecule has 35 heavy (non-hydrogen) atoms. The van der Waals surface area contributed by atoms with E-state index in [2.05, 4.69) is 31.4 Å². The van der Waals surface area contributed by atoms with Crippen LogP contribution in [0.1, 0.15) is 54.4 Å². The second-order valence-electron chi connectivity index (χ2n) is 10.2. The van der Waals surface area contributed by atoms with Crippen molar-refractivity contribution >= 4 is 23.6 Å². The predicted octanol–water partition coefficient (Wildman–Crippen LogP) is 1.73. The van der Waals surface area contributed by atoms with Gasteiger partial charge in [-0.1, -0.05) is 34.6 Å². The molecule has 3 rings (SSSR count). The van der Waals surface area contributed by atoms with Crippen molar-refractivity contribution in [1.29, 1.82) is 5.26 Å². The number of halogens is 3. The number of hydrogen-bond acceptors (Lipinski definition) is 5. The minimum Gasteiger partial charge on any atom is -0.356 e. The third kappa shape index (κ3) is 8.71. The molecule has 3 N–H and O–H groups in total. The molecule has 4 amide bonds. The van der Waals surface area contributed by atoms with E-state index in [1.54, 1.807) is 0 Å². The maximum Gasteiger partial charge on any atom is 0.471 e. The van der Waals surface area contributed by atoms with E-state index in [1.807, 2.05) is 19.9 Å². The zero-order valence-corrected chi connectivity index (χ0v) is 21.1. The van der Waals surface area contributed by atoms with E-state index in [4.69, 9.17) is 5.26 Å². The Morgan fingerprint density at radius 3 is 2.20 bits per heavy atom. The van der Waals surface area contributed by atoms with E-state index < -0.39 is 42.5 Å². The molecule has 2 aliphatic heterocycles. The molecule has 2 heterocycles. The summed E-state index contributed by atoms with van der Waals surface area (Å²) in [5.74, 6) is -2.50. The SMILES string of the molecule is CC(C#N)NC(=O)[C@@H]1C2C(CN1C(=O)CNC(=O)C(F)(F)F)C2(C)C.CC(C)C.O=C1CCCN1. The van der Waals surface area contributed by atoms with Crippen molar-refractivity contribution in [2.24, 2.45) is 23.2 Å². The molecule has 3 unspecified atom stereocenters. The second-order valence-corrected chi connectivity index (χ2v) is 10.2. The molecule has 3 fully saturated rings. The molecule has 0 aromatic heterocycles. The van der Waals surface area contributed by atoms with Crippen LogP contribution >= 0.6 is 0 Å². The number of piperidine rings is 1. The average molecular weight is 504 g/mol. The molecule has 198 valence electrons. The molecule has 12 heteroatoms. The third-order valence-electron chi connectivity index (χ3n) is 5.91. The molecule has 0 aromatic rings. The maximum absolute atomic E-state index is 12.4. The molecule has 1 saturated carbocycles. The number of carbonyl (C=O) groups is 4. The lowest BCUT2D eigenvalue weighted by Gasteiger charge is -2.30. The van der Waals surface area contributed by atoms with E-state index in [1.165, 1.54) is 17.1 Å². The Hall–Kier alpha value is -2.84. The van der Waals surface area contributed by atoms with Crippen molar-refractivity contribution in [3.05, 3.63) is 0 Å².